The van der Waals surface area contributed by atoms with Crippen LogP contribution in [0, 0.1) is 5.41 Å². The van der Waals surface area contributed by atoms with Gasteiger partial charge in [-0.1, -0.05) is 13.8 Å². The average Bonchev–Trinajstić information content (AvgIpc) is 2.81. The van der Waals surface area contributed by atoms with Gasteiger partial charge in [-0.05, 0) is 52.7 Å². The SMILES string of the molecule is CC1(C)CCC(Nc2cc3[nH]c(=O)[nH]c3cc2Br)C1. The number of hydrogen-bond acceptors (Lipinski definition) is 2. The number of imidazole rings is 1. The monoisotopic (exact) mass is 323 g/mol. The molecule has 19 heavy (non-hydrogen) atoms. The molecule has 1 unspecified atom stereocenters. The highest BCUT2D eigenvalue weighted by atomic mass is 79.9. The van der Waals surface area contributed by atoms with Crippen LogP contribution in [0.5, 0.6) is 0 Å². The number of fused-ring (bicyclic) bond motifs is 1. The Bertz CT molecular complexity index is 671. The molecule has 0 saturated heterocycles. The number of aromatic amines is 2. The van der Waals surface area contributed by atoms with E-state index in [1.54, 1.807) is 0 Å². The fourth-order valence-electron chi connectivity index (χ4n) is 2.95. The summed E-state index contributed by atoms with van der Waals surface area (Å²) in [6, 6.07) is 4.44. The number of H-pyrrole nitrogens is 2. The molecule has 0 radical (unpaired) electrons. The lowest BCUT2D eigenvalue weighted by Crippen LogP contribution is -2.17. The molecule has 0 aliphatic heterocycles. The number of nitrogens with one attached hydrogen (secondary N) is 3. The maximum atomic E-state index is 11.3. The zero-order valence-electron chi connectivity index (χ0n) is 11.1. The molecular formula is C14H18BrN3O. The van der Waals surface area contributed by atoms with Crippen LogP contribution in [0.4, 0.5) is 5.69 Å². The van der Waals surface area contributed by atoms with Gasteiger partial charge in [0.25, 0.3) is 0 Å². The van der Waals surface area contributed by atoms with E-state index in [-0.39, 0.29) is 5.69 Å². The van der Waals surface area contributed by atoms with Gasteiger partial charge in [-0.3, -0.25) is 0 Å². The van der Waals surface area contributed by atoms with E-state index >= 15 is 0 Å². The van der Waals surface area contributed by atoms with Gasteiger partial charge in [0.15, 0.2) is 0 Å². The van der Waals surface area contributed by atoms with Crippen LogP contribution in [0.2, 0.25) is 0 Å². The van der Waals surface area contributed by atoms with Crippen LogP contribution in [-0.2, 0) is 0 Å². The van der Waals surface area contributed by atoms with Gasteiger partial charge in [-0.15, -0.1) is 0 Å². The minimum atomic E-state index is -0.166. The highest BCUT2D eigenvalue weighted by Gasteiger charge is 2.30. The van der Waals surface area contributed by atoms with E-state index in [1.165, 1.54) is 19.3 Å². The molecule has 1 aliphatic carbocycles. The first kappa shape index (κ1) is 12.8. The van der Waals surface area contributed by atoms with Crippen molar-refractivity contribution in [3.8, 4) is 0 Å². The van der Waals surface area contributed by atoms with E-state index in [0.717, 1.165) is 21.2 Å². The molecule has 1 heterocycles. The first-order valence-electron chi connectivity index (χ1n) is 6.61. The smallest absolute Gasteiger partial charge is 0.323 e. The van der Waals surface area contributed by atoms with Gasteiger partial charge in [0, 0.05) is 10.5 Å². The quantitative estimate of drug-likeness (QED) is 0.790. The van der Waals surface area contributed by atoms with E-state index in [1.807, 2.05) is 12.1 Å². The van der Waals surface area contributed by atoms with Crippen LogP contribution in [0.3, 0.4) is 0 Å². The third-order valence-electron chi connectivity index (χ3n) is 3.93. The van der Waals surface area contributed by atoms with Crippen molar-refractivity contribution in [2.75, 3.05) is 5.32 Å². The molecule has 4 nitrogen and oxygen atoms in total. The fourth-order valence-corrected chi connectivity index (χ4v) is 3.40. The summed E-state index contributed by atoms with van der Waals surface area (Å²) in [7, 11) is 0. The van der Waals surface area contributed by atoms with Crippen LogP contribution in [0.1, 0.15) is 33.1 Å². The molecule has 1 saturated carbocycles. The minimum Gasteiger partial charge on any atom is -0.381 e. The molecule has 5 heteroatoms. The summed E-state index contributed by atoms with van der Waals surface area (Å²) in [5.74, 6) is 0. The Balaban J connectivity index is 1.88. The van der Waals surface area contributed by atoms with Gasteiger partial charge in [0.2, 0.25) is 0 Å². The van der Waals surface area contributed by atoms with Gasteiger partial charge < -0.3 is 15.3 Å². The van der Waals surface area contributed by atoms with Crippen LogP contribution >= 0.6 is 15.9 Å². The Hall–Kier alpha value is -1.23. The van der Waals surface area contributed by atoms with Gasteiger partial charge >= 0.3 is 5.69 Å². The highest BCUT2D eigenvalue weighted by Crippen LogP contribution is 2.39. The normalized spacial score (nSPS) is 21.9. The van der Waals surface area contributed by atoms with E-state index in [4.69, 9.17) is 0 Å². The zero-order chi connectivity index (χ0) is 13.6. The van der Waals surface area contributed by atoms with Gasteiger partial charge in [-0.25, -0.2) is 4.79 Å². The lowest BCUT2D eigenvalue weighted by atomic mass is 9.92. The molecule has 102 valence electrons. The van der Waals surface area contributed by atoms with Crippen LogP contribution < -0.4 is 11.0 Å². The first-order valence-corrected chi connectivity index (χ1v) is 7.40. The summed E-state index contributed by atoms with van der Waals surface area (Å²) >= 11 is 3.56. The van der Waals surface area contributed by atoms with Crippen molar-refractivity contribution in [3.63, 3.8) is 0 Å². The highest BCUT2D eigenvalue weighted by molar-refractivity contribution is 9.10. The van der Waals surface area contributed by atoms with Gasteiger partial charge in [0.05, 0.1) is 16.7 Å². The van der Waals surface area contributed by atoms with E-state index < -0.39 is 0 Å². The van der Waals surface area contributed by atoms with Gasteiger partial charge in [-0.2, -0.15) is 0 Å². The maximum absolute atomic E-state index is 11.3. The number of benzene rings is 1. The van der Waals surface area contributed by atoms with E-state index in [0.29, 0.717) is 11.5 Å². The standard InChI is InChI=1S/C14H18BrN3O/c1-14(2)4-3-8(7-14)16-10-6-12-11(5-9(10)15)17-13(19)18-12/h5-6,8,16H,3-4,7H2,1-2H3,(H2,17,18,19). The summed E-state index contributed by atoms with van der Waals surface area (Å²) in [4.78, 5) is 16.9. The predicted molar refractivity (Wildman–Crippen MR) is 81.7 cm³/mol. The second-order valence-electron chi connectivity index (χ2n) is 6.21. The maximum Gasteiger partial charge on any atom is 0.323 e. The largest absolute Gasteiger partial charge is 0.381 e. The Morgan fingerprint density at radius 2 is 2.00 bits per heavy atom. The molecule has 3 N–H and O–H groups in total. The Labute approximate surface area is 120 Å². The molecule has 1 fully saturated rings. The number of aromatic nitrogens is 2. The number of anilines is 1. The molecule has 0 spiro atoms. The summed E-state index contributed by atoms with van der Waals surface area (Å²) in [6.45, 7) is 4.63. The van der Waals surface area contributed by atoms with E-state index in [2.05, 4.69) is 45.1 Å². The van der Waals surface area contributed by atoms with Crippen molar-refractivity contribution in [2.45, 2.75) is 39.2 Å². The summed E-state index contributed by atoms with van der Waals surface area (Å²) in [5.41, 5.74) is 2.98. The van der Waals surface area contributed by atoms with Crippen LogP contribution in [0.15, 0.2) is 21.4 Å². The van der Waals surface area contributed by atoms with Crippen molar-refractivity contribution in [1.29, 1.82) is 0 Å². The van der Waals surface area contributed by atoms with Gasteiger partial charge in [0.1, 0.15) is 0 Å². The lowest BCUT2D eigenvalue weighted by Gasteiger charge is -2.19. The van der Waals surface area contributed by atoms with Crippen LogP contribution in [0.25, 0.3) is 11.0 Å². The summed E-state index contributed by atoms with van der Waals surface area (Å²) in [6.07, 6.45) is 3.63. The predicted octanol–water partition coefficient (Wildman–Crippen LogP) is 3.61. The van der Waals surface area contributed by atoms with Crippen molar-refractivity contribution in [1.82, 2.24) is 9.97 Å². The van der Waals surface area contributed by atoms with Crippen molar-refractivity contribution in [3.05, 3.63) is 27.1 Å². The minimum absolute atomic E-state index is 0.166. The topological polar surface area (TPSA) is 60.7 Å². The molecule has 2 aromatic rings. The molecule has 1 aromatic carbocycles. The average molecular weight is 324 g/mol. The Morgan fingerprint density at radius 1 is 1.32 bits per heavy atom. The van der Waals surface area contributed by atoms with Crippen LogP contribution in [-0.4, -0.2) is 16.0 Å². The van der Waals surface area contributed by atoms with E-state index in [9.17, 15) is 4.79 Å². The summed E-state index contributed by atoms with van der Waals surface area (Å²) < 4.78 is 0.986. The number of halogens is 1. The third kappa shape index (κ3) is 2.56. The van der Waals surface area contributed by atoms with Crippen molar-refractivity contribution in [2.24, 2.45) is 5.41 Å². The Morgan fingerprint density at radius 3 is 2.63 bits per heavy atom. The zero-order valence-corrected chi connectivity index (χ0v) is 12.7. The second-order valence-corrected chi connectivity index (χ2v) is 7.06. The number of hydrogen-bond donors (Lipinski definition) is 3. The van der Waals surface area contributed by atoms with Crippen molar-refractivity contribution >= 4 is 32.7 Å². The molecule has 0 bridgehead atoms. The first-order chi connectivity index (χ1) is 8.93. The molecule has 0 amide bonds. The summed E-state index contributed by atoms with van der Waals surface area (Å²) in [5, 5.41) is 3.58. The molecule has 1 atom stereocenters. The second kappa shape index (κ2) is 4.40. The lowest BCUT2D eigenvalue weighted by molar-refractivity contribution is 0.378. The Kier molecular flexibility index (Phi) is 2.96. The molecule has 3 rings (SSSR count). The number of rotatable bonds is 2. The molecule has 1 aromatic heterocycles. The van der Waals surface area contributed by atoms with Crippen molar-refractivity contribution < 1.29 is 0 Å². The third-order valence-corrected chi connectivity index (χ3v) is 4.59. The fraction of sp³-hybridized carbons (Fsp3) is 0.500. The molecule has 1 aliphatic rings. The molecular weight excluding hydrogens is 306 g/mol.